The lowest BCUT2D eigenvalue weighted by atomic mass is 9.93. The predicted molar refractivity (Wildman–Crippen MR) is 105 cm³/mol. The molecular formula is C20H24N4O3. The number of ether oxygens (including phenoxy) is 1. The van der Waals surface area contributed by atoms with Crippen LogP contribution in [0, 0.1) is 0 Å². The van der Waals surface area contributed by atoms with E-state index in [-0.39, 0.29) is 12.1 Å². The summed E-state index contributed by atoms with van der Waals surface area (Å²) < 4.78 is 4.57. The van der Waals surface area contributed by atoms with E-state index in [9.17, 15) is 9.90 Å². The summed E-state index contributed by atoms with van der Waals surface area (Å²) in [5.74, 6) is 0.891. The van der Waals surface area contributed by atoms with Crippen LogP contribution < -0.4 is 10.6 Å². The van der Waals surface area contributed by atoms with Gasteiger partial charge in [0.2, 0.25) is 5.95 Å². The minimum absolute atomic E-state index is 0.170. The summed E-state index contributed by atoms with van der Waals surface area (Å²) >= 11 is 0. The first-order valence-electron chi connectivity index (χ1n) is 9.03. The SMILES string of the molecule is COC(=O)/C=C/c1ccc(Nc2nccc(NC3CCC(O)CC3)n2)cc1. The highest BCUT2D eigenvalue weighted by Gasteiger charge is 2.19. The minimum atomic E-state index is -0.387. The summed E-state index contributed by atoms with van der Waals surface area (Å²) in [4.78, 5) is 19.9. The third-order valence-electron chi connectivity index (χ3n) is 4.48. The zero-order valence-corrected chi connectivity index (χ0v) is 15.3. The molecule has 0 bridgehead atoms. The van der Waals surface area contributed by atoms with Gasteiger partial charge in [0.1, 0.15) is 5.82 Å². The van der Waals surface area contributed by atoms with Gasteiger partial charge in [-0.3, -0.25) is 0 Å². The number of methoxy groups -OCH3 is 1. The molecule has 0 radical (unpaired) electrons. The highest BCUT2D eigenvalue weighted by molar-refractivity contribution is 5.87. The second-order valence-corrected chi connectivity index (χ2v) is 6.52. The number of hydrogen-bond donors (Lipinski definition) is 3. The van der Waals surface area contributed by atoms with Crippen molar-refractivity contribution in [3.8, 4) is 0 Å². The average Bonchev–Trinajstić information content (AvgIpc) is 2.69. The Hall–Kier alpha value is -2.93. The third-order valence-corrected chi connectivity index (χ3v) is 4.48. The lowest BCUT2D eigenvalue weighted by Gasteiger charge is -2.26. The van der Waals surface area contributed by atoms with Gasteiger partial charge in [-0.05, 0) is 55.5 Å². The monoisotopic (exact) mass is 368 g/mol. The fourth-order valence-corrected chi connectivity index (χ4v) is 2.97. The topological polar surface area (TPSA) is 96.4 Å². The smallest absolute Gasteiger partial charge is 0.330 e. The second-order valence-electron chi connectivity index (χ2n) is 6.52. The molecule has 0 amide bonds. The van der Waals surface area contributed by atoms with Crippen molar-refractivity contribution in [2.45, 2.75) is 37.8 Å². The van der Waals surface area contributed by atoms with E-state index in [4.69, 9.17) is 0 Å². The number of benzene rings is 1. The Morgan fingerprint density at radius 3 is 2.63 bits per heavy atom. The molecule has 142 valence electrons. The molecule has 7 heteroatoms. The van der Waals surface area contributed by atoms with Gasteiger partial charge in [-0.1, -0.05) is 12.1 Å². The van der Waals surface area contributed by atoms with Crippen molar-refractivity contribution in [1.29, 1.82) is 0 Å². The van der Waals surface area contributed by atoms with E-state index >= 15 is 0 Å². The molecular weight excluding hydrogens is 344 g/mol. The largest absolute Gasteiger partial charge is 0.466 e. The zero-order valence-electron chi connectivity index (χ0n) is 15.3. The van der Waals surface area contributed by atoms with Gasteiger partial charge in [0, 0.05) is 24.0 Å². The third kappa shape index (κ3) is 5.79. The van der Waals surface area contributed by atoms with E-state index in [0.29, 0.717) is 12.0 Å². The summed E-state index contributed by atoms with van der Waals surface area (Å²) in [6.45, 7) is 0. The van der Waals surface area contributed by atoms with Gasteiger partial charge in [-0.25, -0.2) is 9.78 Å². The zero-order chi connectivity index (χ0) is 19.1. The Bertz CT molecular complexity index is 784. The van der Waals surface area contributed by atoms with E-state index in [0.717, 1.165) is 42.8 Å². The Kier molecular flexibility index (Phi) is 6.38. The Labute approximate surface area is 158 Å². The van der Waals surface area contributed by atoms with Crippen molar-refractivity contribution < 1.29 is 14.6 Å². The van der Waals surface area contributed by atoms with Crippen LogP contribution in [0.4, 0.5) is 17.5 Å². The average molecular weight is 368 g/mol. The quantitative estimate of drug-likeness (QED) is 0.532. The van der Waals surface area contributed by atoms with Crippen LogP contribution in [0.5, 0.6) is 0 Å². The van der Waals surface area contributed by atoms with Gasteiger partial charge in [0.05, 0.1) is 13.2 Å². The molecule has 1 heterocycles. The van der Waals surface area contributed by atoms with Crippen molar-refractivity contribution in [3.05, 3.63) is 48.2 Å². The highest BCUT2D eigenvalue weighted by atomic mass is 16.5. The standard InChI is InChI=1S/C20H24N4O3/c1-27-19(26)11-4-14-2-5-16(6-3-14)23-20-21-13-12-18(24-20)22-15-7-9-17(25)10-8-15/h2-6,11-13,15,17,25H,7-10H2,1H3,(H2,21,22,23,24)/b11-4+. The second kappa shape index (κ2) is 9.14. The van der Waals surface area contributed by atoms with Gasteiger partial charge >= 0.3 is 5.97 Å². The van der Waals surface area contributed by atoms with Gasteiger partial charge in [0.15, 0.2) is 0 Å². The van der Waals surface area contributed by atoms with E-state index in [1.54, 1.807) is 12.3 Å². The first-order valence-corrected chi connectivity index (χ1v) is 9.03. The van der Waals surface area contributed by atoms with Crippen molar-refractivity contribution in [3.63, 3.8) is 0 Å². The number of carbonyl (C=O) groups excluding carboxylic acids is 1. The molecule has 1 aliphatic rings. The lowest BCUT2D eigenvalue weighted by Crippen LogP contribution is -2.28. The van der Waals surface area contributed by atoms with Crippen LogP contribution in [0.3, 0.4) is 0 Å². The number of rotatable bonds is 6. The van der Waals surface area contributed by atoms with Crippen molar-refractivity contribution >= 4 is 29.5 Å². The van der Waals surface area contributed by atoms with E-state index in [1.165, 1.54) is 13.2 Å². The number of aromatic nitrogens is 2. The molecule has 2 aromatic rings. The van der Waals surface area contributed by atoms with Crippen molar-refractivity contribution in [2.24, 2.45) is 0 Å². The molecule has 0 aliphatic heterocycles. The Morgan fingerprint density at radius 2 is 1.93 bits per heavy atom. The molecule has 1 fully saturated rings. The number of carbonyl (C=O) groups is 1. The molecule has 3 rings (SSSR count). The lowest BCUT2D eigenvalue weighted by molar-refractivity contribution is -0.134. The number of esters is 1. The number of anilines is 3. The van der Waals surface area contributed by atoms with Crippen LogP contribution in [0.2, 0.25) is 0 Å². The summed E-state index contributed by atoms with van der Waals surface area (Å²) in [6, 6.07) is 9.73. The molecule has 0 unspecified atom stereocenters. The highest BCUT2D eigenvalue weighted by Crippen LogP contribution is 2.22. The van der Waals surface area contributed by atoms with Gasteiger partial charge in [0.25, 0.3) is 0 Å². The van der Waals surface area contributed by atoms with E-state index in [2.05, 4.69) is 25.3 Å². The maximum absolute atomic E-state index is 11.1. The molecule has 27 heavy (non-hydrogen) atoms. The van der Waals surface area contributed by atoms with Crippen LogP contribution in [-0.2, 0) is 9.53 Å². The molecule has 3 N–H and O–H groups in total. The summed E-state index contributed by atoms with van der Waals surface area (Å²) in [5.41, 5.74) is 1.74. The number of nitrogens with one attached hydrogen (secondary N) is 2. The van der Waals surface area contributed by atoms with Crippen molar-refractivity contribution in [2.75, 3.05) is 17.7 Å². The van der Waals surface area contributed by atoms with Gasteiger partial charge < -0.3 is 20.5 Å². The van der Waals surface area contributed by atoms with Crippen LogP contribution in [0.25, 0.3) is 6.08 Å². The van der Waals surface area contributed by atoms with Crippen LogP contribution in [0.15, 0.2) is 42.6 Å². The molecule has 0 saturated heterocycles. The molecule has 0 atom stereocenters. The summed E-state index contributed by atoms with van der Waals surface area (Å²) in [6.07, 6.45) is 8.14. The first kappa shape index (κ1) is 18.8. The molecule has 1 aromatic carbocycles. The normalized spacial score (nSPS) is 19.6. The van der Waals surface area contributed by atoms with Gasteiger partial charge in [-0.15, -0.1) is 0 Å². The molecule has 1 saturated carbocycles. The minimum Gasteiger partial charge on any atom is -0.466 e. The molecule has 1 aromatic heterocycles. The number of nitrogens with zero attached hydrogens (tertiary/aromatic N) is 2. The maximum Gasteiger partial charge on any atom is 0.330 e. The van der Waals surface area contributed by atoms with Crippen LogP contribution >= 0.6 is 0 Å². The van der Waals surface area contributed by atoms with Crippen molar-refractivity contribution in [1.82, 2.24) is 9.97 Å². The number of hydrogen-bond acceptors (Lipinski definition) is 7. The molecule has 7 nitrogen and oxygen atoms in total. The van der Waals surface area contributed by atoms with E-state index < -0.39 is 0 Å². The molecule has 1 aliphatic carbocycles. The fraction of sp³-hybridized carbons (Fsp3) is 0.350. The Morgan fingerprint density at radius 1 is 1.19 bits per heavy atom. The molecule has 0 spiro atoms. The summed E-state index contributed by atoms with van der Waals surface area (Å²) in [5, 5.41) is 16.2. The van der Waals surface area contributed by atoms with Gasteiger partial charge in [-0.2, -0.15) is 4.98 Å². The Balaban J connectivity index is 1.59. The van der Waals surface area contributed by atoms with Crippen LogP contribution in [-0.4, -0.2) is 40.3 Å². The fourth-order valence-electron chi connectivity index (χ4n) is 2.97. The first-order chi connectivity index (χ1) is 13.1. The maximum atomic E-state index is 11.1. The van der Waals surface area contributed by atoms with E-state index in [1.807, 2.05) is 30.3 Å². The number of aliphatic hydroxyl groups is 1. The summed E-state index contributed by atoms with van der Waals surface area (Å²) in [7, 11) is 1.35. The number of aliphatic hydroxyl groups excluding tert-OH is 1. The predicted octanol–water partition coefficient (Wildman–Crippen LogP) is 3.12. The van der Waals surface area contributed by atoms with Crippen LogP contribution in [0.1, 0.15) is 31.2 Å².